The van der Waals surface area contributed by atoms with Crippen LogP contribution >= 0.6 is 0 Å². The van der Waals surface area contributed by atoms with Crippen molar-refractivity contribution in [2.45, 2.75) is 63.5 Å². The third kappa shape index (κ3) is 5.96. The molecule has 2 aliphatic carbocycles. The Morgan fingerprint density at radius 2 is 1.93 bits per heavy atom. The molecule has 0 bridgehead atoms. The minimum atomic E-state index is -0.396. The molecule has 2 atom stereocenters. The second kappa shape index (κ2) is 8.74. The molecule has 0 aromatic heterocycles. The zero-order valence-corrected chi connectivity index (χ0v) is 16.1. The van der Waals surface area contributed by atoms with E-state index < -0.39 is 5.54 Å². The number of carbonyl (C=O) groups excluding carboxylic acids is 2. The molecule has 4 N–H and O–H groups in total. The van der Waals surface area contributed by atoms with E-state index in [0.717, 1.165) is 50.5 Å². The van der Waals surface area contributed by atoms with Crippen LogP contribution in [0.2, 0.25) is 0 Å². The van der Waals surface area contributed by atoms with Crippen LogP contribution < -0.4 is 21.1 Å². The van der Waals surface area contributed by atoms with Crippen molar-refractivity contribution in [3.05, 3.63) is 29.8 Å². The number of nitrogens with one attached hydrogen (secondary N) is 2. The summed E-state index contributed by atoms with van der Waals surface area (Å²) < 4.78 is 5.50. The minimum Gasteiger partial charge on any atom is -0.484 e. The quantitative estimate of drug-likeness (QED) is 0.649. The fourth-order valence-corrected chi connectivity index (χ4v) is 3.64. The standard InChI is InChI=1S/C21H31N3O3/c1-21(22)12-3-2-4-18(21)20(26)23-13-11-15-5-9-17(10-6-15)27-14-19(25)24-16-7-8-16/h5-6,9-10,16,18H,2-4,7-8,11-14,22H2,1H3,(H,23,26)(H,24,25). The molecule has 6 heteroatoms. The van der Waals surface area contributed by atoms with Crippen LogP contribution in [0.15, 0.2) is 24.3 Å². The van der Waals surface area contributed by atoms with Gasteiger partial charge < -0.3 is 21.1 Å². The highest BCUT2D eigenvalue weighted by atomic mass is 16.5. The van der Waals surface area contributed by atoms with Crippen LogP contribution in [0.5, 0.6) is 5.75 Å². The summed E-state index contributed by atoms with van der Waals surface area (Å²) in [5.74, 6) is 0.582. The van der Waals surface area contributed by atoms with Gasteiger partial charge in [0.2, 0.25) is 5.91 Å². The van der Waals surface area contributed by atoms with E-state index in [1.54, 1.807) is 0 Å². The number of hydrogen-bond acceptors (Lipinski definition) is 4. The van der Waals surface area contributed by atoms with Crippen LogP contribution in [0.1, 0.15) is 51.0 Å². The molecule has 148 valence electrons. The maximum atomic E-state index is 12.4. The Hall–Kier alpha value is -2.08. The molecule has 2 amide bonds. The predicted octanol–water partition coefficient (Wildman–Crippen LogP) is 1.91. The van der Waals surface area contributed by atoms with Crippen molar-refractivity contribution in [3.8, 4) is 5.75 Å². The highest BCUT2D eigenvalue weighted by Crippen LogP contribution is 2.31. The molecule has 27 heavy (non-hydrogen) atoms. The lowest BCUT2D eigenvalue weighted by atomic mass is 9.74. The average Bonchev–Trinajstić information content (AvgIpc) is 3.44. The topological polar surface area (TPSA) is 93.5 Å². The Morgan fingerprint density at radius 3 is 2.59 bits per heavy atom. The lowest BCUT2D eigenvalue weighted by molar-refractivity contribution is -0.128. The molecule has 6 nitrogen and oxygen atoms in total. The number of nitrogens with two attached hydrogens (primary N) is 1. The molecule has 2 saturated carbocycles. The highest BCUT2D eigenvalue weighted by Gasteiger charge is 2.37. The zero-order valence-electron chi connectivity index (χ0n) is 16.1. The van der Waals surface area contributed by atoms with E-state index in [9.17, 15) is 9.59 Å². The second-order valence-electron chi connectivity index (χ2n) is 8.12. The summed E-state index contributed by atoms with van der Waals surface area (Å²) in [5, 5.41) is 5.93. The third-order valence-electron chi connectivity index (χ3n) is 5.52. The van der Waals surface area contributed by atoms with Gasteiger partial charge in [0, 0.05) is 18.1 Å². The Kier molecular flexibility index (Phi) is 6.37. The fourth-order valence-electron chi connectivity index (χ4n) is 3.64. The number of rotatable bonds is 8. The second-order valence-corrected chi connectivity index (χ2v) is 8.12. The van der Waals surface area contributed by atoms with Gasteiger partial charge in [-0.3, -0.25) is 9.59 Å². The third-order valence-corrected chi connectivity index (χ3v) is 5.52. The van der Waals surface area contributed by atoms with Crippen LogP contribution in [0, 0.1) is 5.92 Å². The van der Waals surface area contributed by atoms with Gasteiger partial charge in [-0.2, -0.15) is 0 Å². The Bertz CT molecular complexity index is 653. The summed E-state index contributed by atoms with van der Waals surface area (Å²) in [6.45, 7) is 2.63. The summed E-state index contributed by atoms with van der Waals surface area (Å²) in [4.78, 5) is 24.1. The monoisotopic (exact) mass is 373 g/mol. The average molecular weight is 373 g/mol. The van der Waals surface area contributed by atoms with Crippen molar-refractivity contribution in [2.75, 3.05) is 13.2 Å². The van der Waals surface area contributed by atoms with Crippen molar-refractivity contribution < 1.29 is 14.3 Å². The normalized spacial score (nSPS) is 24.9. The maximum Gasteiger partial charge on any atom is 0.258 e. The van der Waals surface area contributed by atoms with E-state index in [2.05, 4.69) is 10.6 Å². The summed E-state index contributed by atoms with van der Waals surface area (Å²) in [6, 6.07) is 8.01. The van der Waals surface area contributed by atoms with Gasteiger partial charge in [0.15, 0.2) is 6.61 Å². The predicted molar refractivity (Wildman–Crippen MR) is 104 cm³/mol. The zero-order chi connectivity index (χ0) is 19.3. The van der Waals surface area contributed by atoms with E-state index >= 15 is 0 Å². The molecule has 2 unspecified atom stereocenters. The lowest BCUT2D eigenvalue weighted by Crippen LogP contribution is -2.53. The fraction of sp³-hybridized carbons (Fsp3) is 0.619. The molecular formula is C21H31N3O3. The van der Waals surface area contributed by atoms with Crippen molar-refractivity contribution in [3.63, 3.8) is 0 Å². The van der Waals surface area contributed by atoms with Crippen molar-refractivity contribution >= 4 is 11.8 Å². The lowest BCUT2D eigenvalue weighted by Gasteiger charge is -2.37. The first-order valence-electron chi connectivity index (χ1n) is 10.0. The van der Waals surface area contributed by atoms with Crippen molar-refractivity contribution in [1.82, 2.24) is 10.6 Å². The Labute approximate surface area is 161 Å². The summed E-state index contributed by atoms with van der Waals surface area (Å²) in [5.41, 5.74) is 7.02. The van der Waals surface area contributed by atoms with Gasteiger partial charge in [-0.1, -0.05) is 25.0 Å². The first-order chi connectivity index (χ1) is 12.9. The molecule has 0 spiro atoms. The van der Waals surface area contributed by atoms with Crippen molar-refractivity contribution in [1.29, 1.82) is 0 Å². The summed E-state index contributed by atoms with van der Waals surface area (Å²) in [6.07, 6.45) is 6.86. The smallest absolute Gasteiger partial charge is 0.258 e. The van der Waals surface area contributed by atoms with E-state index in [1.807, 2.05) is 31.2 Å². The molecule has 2 aliphatic rings. The van der Waals surface area contributed by atoms with Crippen LogP contribution in [0.3, 0.4) is 0 Å². The van der Waals surface area contributed by atoms with Crippen LogP contribution in [0.25, 0.3) is 0 Å². The van der Waals surface area contributed by atoms with E-state index in [1.165, 1.54) is 0 Å². The van der Waals surface area contributed by atoms with E-state index in [0.29, 0.717) is 18.3 Å². The highest BCUT2D eigenvalue weighted by molar-refractivity contribution is 5.80. The molecular weight excluding hydrogens is 342 g/mol. The Balaban J connectivity index is 1.38. The van der Waals surface area contributed by atoms with E-state index in [-0.39, 0.29) is 24.3 Å². The molecule has 0 aliphatic heterocycles. The maximum absolute atomic E-state index is 12.4. The van der Waals surface area contributed by atoms with Gasteiger partial charge in [0.05, 0.1) is 5.92 Å². The first kappa shape index (κ1) is 19.7. The van der Waals surface area contributed by atoms with E-state index in [4.69, 9.17) is 10.5 Å². The van der Waals surface area contributed by atoms with Gasteiger partial charge in [-0.15, -0.1) is 0 Å². The Morgan fingerprint density at radius 1 is 1.19 bits per heavy atom. The summed E-state index contributed by atoms with van der Waals surface area (Å²) in [7, 11) is 0. The van der Waals surface area contributed by atoms with Crippen LogP contribution in [-0.2, 0) is 16.0 Å². The van der Waals surface area contributed by atoms with Gasteiger partial charge >= 0.3 is 0 Å². The molecule has 0 heterocycles. The number of benzene rings is 1. The SMILES string of the molecule is CC1(N)CCCCC1C(=O)NCCc1ccc(OCC(=O)NC2CC2)cc1. The largest absolute Gasteiger partial charge is 0.484 e. The molecule has 0 radical (unpaired) electrons. The number of carbonyl (C=O) groups is 2. The first-order valence-corrected chi connectivity index (χ1v) is 10.0. The summed E-state index contributed by atoms with van der Waals surface area (Å²) >= 11 is 0. The van der Waals surface area contributed by atoms with Gasteiger partial charge in [0.1, 0.15) is 5.75 Å². The van der Waals surface area contributed by atoms with Gasteiger partial charge in [-0.25, -0.2) is 0 Å². The van der Waals surface area contributed by atoms with Crippen LogP contribution in [-0.4, -0.2) is 36.5 Å². The number of amides is 2. The van der Waals surface area contributed by atoms with Gasteiger partial charge in [-0.05, 0) is 56.7 Å². The number of hydrogen-bond donors (Lipinski definition) is 3. The molecule has 0 saturated heterocycles. The molecule has 1 aromatic carbocycles. The van der Waals surface area contributed by atoms with Gasteiger partial charge in [0.25, 0.3) is 5.91 Å². The number of ether oxygens (including phenoxy) is 1. The van der Waals surface area contributed by atoms with Crippen LogP contribution in [0.4, 0.5) is 0 Å². The van der Waals surface area contributed by atoms with Crippen molar-refractivity contribution in [2.24, 2.45) is 11.7 Å². The molecule has 2 fully saturated rings. The molecule has 3 rings (SSSR count). The minimum absolute atomic E-state index is 0.0468. The molecule has 1 aromatic rings.